The maximum Gasteiger partial charge on any atom is 0.317 e. The van der Waals surface area contributed by atoms with Gasteiger partial charge >= 0.3 is 12.3 Å². The van der Waals surface area contributed by atoms with Gasteiger partial charge in [0.05, 0.1) is 11.1 Å². The minimum Gasteiger partial charge on any atom is -0.345 e. The zero-order valence-electron chi connectivity index (χ0n) is 15.3. The molecular formula is C19H21F2N5O2. The Morgan fingerprint density at radius 3 is 2.46 bits per heavy atom. The van der Waals surface area contributed by atoms with Crippen LogP contribution in [0.25, 0.3) is 0 Å². The first kappa shape index (κ1) is 19.7. The van der Waals surface area contributed by atoms with Gasteiger partial charge in [-0.25, -0.2) is 9.97 Å². The highest BCUT2D eigenvalue weighted by molar-refractivity contribution is 5.95. The lowest BCUT2D eigenvalue weighted by Crippen LogP contribution is -2.44. The van der Waals surface area contributed by atoms with Crippen LogP contribution in [0.5, 0.6) is 0 Å². The molecule has 1 fully saturated rings. The lowest BCUT2D eigenvalue weighted by molar-refractivity contribution is -0.132. The van der Waals surface area contributed by atoms with Gasteiger partial charge in [0.25, 0.3) is 5.91 Å². The van der Waals surface area contributed by atoms with E-state index in [0.29, 0.717) is 5.95 Å². The highest BCUT2D eigenvalue weighted by Crippen LogP contribution is 2.43. The third-order valence-corrected chi connectivity index (χ3v) is 4.86. The number of carbonyl (C=O) groups excluding carboxylic acids is 2. The molecule has 2 amide bonds. The number of amides is 2. The SMILES string of the molecule is CCc1cccc(C2(Nc3ncc(C(=O)NNC(=O)C(F)F)cn3)CCC2)c1. The zero-order valence-corrected chi connectivity index (χ0v) is 15.3. The monoisotopic (exact) mass is 389 g/mol. The molecule has 1 aromatic carbocycles. The number of aromatic nitrogens is 2. The summed E-state index contributed by atoms with van der Waals surface area (Å²) >= 11 is 0. The lowest BCUT2D eigenvalue weighted by atomic mass is 9.71. The number of benzene rings is 1. The summed E-state index contributed by atoms with van der Waals surface area (Å²) in [5, 5.41) is 3.37. The van der Waals surface area contributed by atoms with Crippen molar-refractivity contribution in [2.75, 3.05) is 5.32 Å². The molecule has 0 spiro atoms. The molecule has 148 valence electrons. The zero-order chi connectivity index (χ0) is 20.1. The first-order valence-corrected chi connectivity index (χ1v) is 9.01. The maximum atomic E-state index is 12.1. The van der Waals surface area contributed by atoms with Gasteiger partial charge in [-0.05, 0) is 36.8 Å². The Balaban J connectivity index is 1.67. The van der Waals surface area contributed by atoms with E-state index >= 15 is 0 Å². The summed E-state index contributed by atoms with van der Waals surface area (Å²) in [6, 6.07) is 8.39. The molecule has 1 saturated carbocycles. The van der Waals surface area contributed by atoms with Crippen molar-refractivity contribution >= 4 is 17.8 Å². The molecule has 0 bridgehead atoms. The van der Waals surface area contributed by atoms with Gasteiger partial charge in [-0.2, -0.15) is 8.78 Å². The second kappa shape index (κ2) is 8.28. The minimum atomic E-state index is -3.21. The van der Waals surface area contributed by atoms with E-state index in [1.807, 2.05) is 11.5 Å². The Bertz CT molecular complexity index is 854. The van der Waals surface area contributed by atoms with E-state index in [2.05, 4.69) is 40.4 Å². The summed E-state index contributed by atoms with van der Waals surface area (Å²) in [7, 11) is 0. The fourth-order valence-electron chi connectivity index (χ4n) is 3.07. The summed E-state index contributed by atoms with van der Waals surface area (Å²) in [6.07, 6.45) is 3.27. The van der Waals surface area contributed by atoms with Crippen LogP contribution in [0.1, 0.15) is 47.7 Å². The third kappa shape index (κ3) is 4.24. The maximum absolute atomic E-state index is 12.1. The Labute approximate surface area is 160 Å². The van der Waals surface area contributed by atoms with Crippen molar-refractivity contribution in [3.63, 3.8) is 0 Å². The molecule has 2 aromatic rings. The van der Waals surface area contributed by atoms with Crippen LogP contribution in [0.3, 0.4) is 0 Å². The molecule has 1 heterocycles. The average Bonchev–Trinajstić information content (AvgIpc) is 2.69. The molecule has 3 N–H and O–H groups in total. The van der Waals surface area contributed by atoms with E-state index in [4.69, 9.17) is 0 Å². The predicted octanol–water partition coefficient (Wildman–Crippen LogP) is 2.56. The number of anilines is 1. The second-order valence-corrected chi connectivity index (χ2v) is 6.65. The first-order valence-electron chi connectivity index (χ1n) is 9.01. The molecule has 0 aliphatic heterocycles. The van der Waals surface area contributed by atoms with Crippen molar-refractivity contribution in [1.29, 1.82) is 0 Å². The van der Waals surface area contributed by atoms with Crippen LogP contribution < -0.4 is 16.2 Å². The molecule has 3 rings (SSSR count). The molecule has 7 nitrogen and oxygen atoms in total. The molecule has 0 saturated heterocycles. The molecule has 0 atom stereocenters. The summed E-state index contributed by atoms with van der Waals surface area (Å²) in [5.74, 6) is -2.00. The highest BCUT2D eigenvalue weighted by Gasteiger charge is 2.39. The number of nitrogens with one attached hydrogen (secondary N) is 3. The van der Waals surface area contributed by atoms with Gasteiger partial charge in [-0.15, -0.1) is 0 Å². The average molecular weight is 389 g/mol. The number of hydrogen-bond donors (Lipinski definition) is 3. The van der Waals surface area contributed by atoms with Gasteiger partial charge in [0.2, 0.25) is 5.95 Å². The normalized spacial score (nSPS) is 14.9. The van der Waals surface area contributed by atoms with Crippen molar-refractivity contribution < 1.29 is 18.4 Å². The van der Waals surface area contributed by atoms with Gasteiger partial charge < -0.3 is 5.32 Å². The Morgan fingerprint density at radius 2 is 1.89 bits per heavy atom. The van der Waals surface area contributed by atoms with Crippen LogP contribution in [-0.4, -0.2) is 28.2 Å². The van der Waals surface area contributed by atoms with E-state index in [1.54, 1.807) is 5.43 Å². The van der Waals surface area contributed by atoms with Crippen LogP contribution >= 0.6 is 0 Å². The van der Waals surface area contributed by atoms with Crippen LogP contribution in [0.2, 0.25) is 0 Å². The quantitative estimate of drug-likeness (QED) is 0.660. The number of hydrazine groups is 1. The standard InChI is InChI=1S/C19H21F2N5O2/c1-2-12-5-3-6-14(9-12)19(7-4-8-19)24-18-22-10-13(11-23-18)16(27)25-26-17(28)15(20)21/h3,5-6,9-11,15H,2,4,7-8H2,1H3,(H,25,27)(H,26,28)(H,22,23,24). The minimum absolute atomic E-state index is 0.0377. The third-order valence-electron chi connectivity index (χ3n) is 4.86. The molecule has 1 aliphatic rings. The molecule has 1 aliphatic carbocycles. The summed E-state index contributed by atoms with van der Waals surface area (Å²) < 4.78 is 24.2. The Hall–Kier alpha value is -3.10. The fraction of sp³-hybridized carbons (Fsp3) is 0.368. The van der Waals surface area contributed by atoms with Crippen LogP contribution in [0.4, 0.5) is 14.7 Å². The Kier molecular flexibility index (Phi) is 5.81. The van der Waals surface area contributed by atoms with Crippen LogP contribution in [-0.2, 0) is 16.8 Å². The highest BCUT2D eigenvalue weighted by atomic mass is 19.3. The fourth-order valence-corrected chi connectivity index (χ4v) is 3.07. The lowest BCUT2D eigenvalue weighted by Gasteiger charge is -2.43. The van der Waals surface area contributed by atoms with Gasteiger partial charge in [-0.1, -0.05) is 31.2 Å². The largest absolute Gasteiger partial charge is 0.345 e. The van der Waals surface area contributed by atoms with E-state index in [1.165, 1.54) is 23.5 Å². The summed E-state index contributed by atoms with van der Waals surface area (Å²) in [5.41, 5.74) is 5.75. The number of hydrogen-bond acceptors (Lipinski definition) is 5. The Morgan fingerprint density at radius 1 is 1.18 bits per heavy atom. The molecule has 0 unspecified atom stereocenters. The van der Waals surface area contributed by atoms with Crippen molar-refractivity contribution in [1.82, 2.24) is 20.8 Å². The number of nitrogens with zero attached hydrogens (tertiary/aromatic N) is 2. The van der Waals surface area contributed by atoms with Gasteiger partial charge in [0, 0.05) is 12.4 Å². The molecular weight excluding hydrogens is 368 g/mol. The predicted molar refractivity (Wildman–Crippen MR) is 98.6 cm³/mol. The molecule has 0 radical (unpaired) electrons. The van der Waals surface area contributed by atoms with Gasteiger partial charge in [-0.3, -0.25) is 20.4 Å². The van der Waals surface area contributed by atoms with Gasteiger partial charge in [0.1, 0.15) is 0 Å². The summed E-state index contributed by atoms with van der Waals surface area (Å²) in [6.45, 7) is 2.11. The number of halogens is 2. The molecule has 1 aromatic heterocycles. The van der Waals surface area contributed by atoms with Gasteiger partial charge in [0.15, 0.2) is 0 Å². The van der Waals surface area contributed by atoms with E-state index in [0.717, 1.165) is 25.7 Å². The van der Waals surface area contributed by atoms with E-state index < -0.39 is 18.2 Å². The van der Waals surface area contributed by atoms with Crippen molar-refractivity contribution in [3.8, 4) is 0 Å². The van der Waals surface area contributed by atoms with Crippen molar-refractivity contribution in [3.05, 3.63) is 53.3 Å². The van der Waals surface area contributed by atoms with Crippen LogP contribution in [0, 0.1) is 0 Å². The summed E-state index contributed by atoms with van der Waals surface area (Å²) in [4.78, 5) is 31.0. The van der Waals surface area contributed by atoms with Crippen molar-refractivity contribution in [2.45, 2.75) is 44.6 Å². The van der Waals surface area contributed by atoms with E-state index in [-0.39, 0.29) is 11.1 Å². The number of aryl methyl sites for hydroxylation is 1. The smallest absolute Gasteiger partial charge is 0.317 e. The molecule has 9 heteroatoms. The number of rotatable bonds is 6. The number of carbonyl (C=O) groups is 2. The van der Waals surface area contributed by atoms with E-state index in [9.17, 15) is 18.4 Å². The van der Waals surface area contributed by atoms with Crippen molar-refractivity contribution in [2.24, 2.45) is 0 Å². The number of alkyl halides is 2. The second-order valence-electron chi connectivity index (χ2n) is 6.65. The van der Waals surface area contributed by atoms with Crippen LogP contribution in [0.15, 0.2) is 36.7 Å². The first-order chi connectivity index (χ1) is 13.4. The molecule has 28 heavy (non-hydrogen) atoms. The topological polar surface area (TPSA) is 96.0 Å².